The van der Waals surface area contributed by atoms with E-state index in [0.29, 0.717) is 51.8 Å². The number of carbonyl (C=O) groups excluding carboxylic acids is 2. The van der Waals surface area contributed by atoms with E-state index >= 15 is 0 Å². The summed E-state index contributed by atoms with van der Waals surface area (Å²) in [6.07, 6.45) is 4.54. The molecule has 0 aliphatic carbocycles. The molecule has 8 aromatic rings. The number of anilines is 3. The van der Waals surface area contributed by atoms with E-state index in [1.165, 1.54) is 5.30 Å². The Labute approximate surface area is 373 Å². The molecule has 0 spiro atoms. The zero-order valence-corrected chi connectivity index (χ0v) is 37.1. The Morgan fingerprint density at radius 1 is 0.762 bits per heavy atom. The molecule has 13 heteroatoms. The zero-order chi connectivity index (χ0) is 43.4. The van der Waals surface area contributed by atoms with Crippen LogP contribution in [-0.4, -0.2) is 78.2 Å². The third kappa shape index (κ3) is 11.6. The summed E-state index contributed by atoms with van der Waals surface area (Å²) >= 11 is 1.58. The number of rotatable bonds is 19. The van der Waals surface area contributed by atoms with Gasteiger partial charge in [0.2, 0.25) is 5.91 Å². The van der Waals surface area contributed by atoms with Crippen molar-refractivity contribution >= 4 is 75.1 Å². The Balaban J connectivity index is 0.840. The zero-order valence-electron chi connectivity index (χ0n) is 35.3. The Morgan fingerprint density at radius 2 is 1.51 bits per heavy atom. The number of thiazole rings is 1. The number of aromatic nitrogens is 3. The minimum absolute atomic E-state index is 0.0686. The Bertz CT molecular complexity index is 2750. The molecule has 3 N–H and O–H groups in total. The fourth-order valence-electron chi connectivity index (χ4n) is 7.26. The van der Waals surface area contributed by atoms with E-state index in [2.05, 4.69) is 73.3 Å². The highest BCUT2D eigenvalue weighted by molar-refractivity contribution is 7.47. The van der Waals surface area contributed by atoms with Gasteiger partial charge in [-0.1, -0.05) is 69.2 Å². The van der Waals surface area contributed by atoms with Gasteiger partial charge in [0.15, 0.2) is 0 Å². The third-order valence-electron chi connectivity index (χ3n) is 10.5. The van der Waals surface area contributed by atoms with Gasteiger partial charge in [0.25, 0.3) is 5.91 Å². The number of benzene rings is 5. The first-order valence-corrected chi connectivity index (χ1v) is 22.9. The molecule has 0 saturated carbocycles. The molecule has 63 heavy (non-hydrogen) atoms. The Kier molecular flexibility index (Phi) is 14.2. The van der Waals surface area contributed by atoms with Crippen LogP contribution in [0.2, 0.25) is 0 Å². The van der Waals surface area contributed by atoms with Gasteiger partial charge in [0.1, 0.15) is 10.8 Å². The molecule has 0 bridgehead atoms. The largest absolute Gasteiger partial charge is 0.495 e. The van der Waals surface area contributed by atoms with Crippen LogP contribution >= 0.6 is 19.9 Å². The highest BCUT2D eigenvalue weighted by atomic mass is 32.1. The molecule has 0 saturated heterocycles. The summed E-state index contributed by atoms with van der Waals surface area (Å²) in [5.41, 5.74) is 6.93. The van der Waals surface area contributed by atoms with Crippen LogP contribution in [0.5, 0.6) is 5.75 Å². The van der Waals surface area contributed by atoms with Crippen LogP contribution in [0.4, 0.5) is 17.1 Å². The number of likely N-dealkylation sites (N-methyl/N-ethyl adjacent to an activating group) is 1. The van der Waals surface area contributed by atoms with Crippen molar-refractivity contribution < 1.29 is 14.3 Å². The number of carbonyl (C=O) groups is 2. The molecule has 0 aliphatic heterocycles. The molecule has 11 nitrogen and oxygen atoms in total. The van der Waals surface area contributed by atoms with Gasteiger partial charge >= 0.3 is 0 Å². The molecular weight excluding hydrogens is 824 g/mol. The van der Waals surface area contributed by atoms with Gasteiger partial charge in [0, 0.05) is 80.7 Å². The predicted octanol–water partition coefficient (Wildman–Crippen LogP) is 8.84. The van der Waals surface area contributed by atoms with Crippen molar-refractivity contribution in [2.45, 2.75) is 13.1 Å². The third-order valence-corrected chi connectivity index (χ3v) is 12.8. The van der Waals surface area contributed by atoms with Crippen molar-refractivity contribution in [3.63, 3.8) is 0 Å². The van der Waals surface area contributed by atoms with Crippen LogP contribution in [-0.2, 0) is 17.9 Å². The monoisotopic (exact) mass is 872 g/mol. The number of nitrogens with one attached hydrogen (secondary N) is 3. The first-order valence-electron chi connectivity index (χ1n) is 20.8. The number of fused-ring (bicyclic) bond motifs is 2. The number of methoxy groups -OCH3 is 1. The number of nitrogens with zero attached hydrogens (tertiary/aromatic N) is 5. The molecule has 1 atom stereocenters. The first-order chi connectivity index (χ1) is 30.9. The van der Waals surface area contributed by atoms with Gasteiger partial charge in [-0.05, 0) is 95.0 Å². The highest BCUT2D eigenvalue weighted by Crippen LogP contribution is 2.34. The lowest BCUT2D eigenvalue weighted by Crippen LogP contribution is -2.30. The van der Waals surface area contributed by atoms with E-state index in [-0.39, 0.29) is 18.4 Å². The molecule has 0 fully saturated rings. The second-order valence-electron chi connectivity index (χ2n) is 15.1. The molecule has 0 radical (unpaired) electrons. The van der Waals surface area contributed by atoms with Gasteiger partial charge in [-0.15, -0.1) is 11.3 Å². The fourth-order valence-corrected chi connectivity index (χ4v) is 9.23. The SMILES string of the molecule is COc1cc(NC(=O)CN(C)c2ccc3cc(-c4nc5ccc(C(=O)NCCPc6ccccc6)cc5s4)ccc3c2)ccc1NCCN(Cc1ccccn1)Cc1ccccn1. The molecule has 5 aromatic carbocycles. The van der Waals surface area contributed by atoms with Crippen LogP contribution in [0.15, 0.2) is 152 Å². The van der Waals surface area contributed by atoms with Crippen molar-refractivity contribution in [1.29, 1.82) is 0 Å². The van der Waals surface area contributed by atoms with Crippen LogP contribution in [0.1, 0.15) is 21.7 Å². The fraction of sp³-hybridized carbons (Fsp3) is 0.180. The van der Waals surface area contributed by atoms with Crippen LogP contribution in [0, 0.1) is 0 Å². The lowest BCUT2D eigenvalue weighted by molar-refractivity contribution is -0.114. The number of hydrogen-bond donors (Lipinski definition) is 3. The summed E-state index contributed by atoms with van der Waals surface area (Å²) < 4.78 is 6.69. The smallest absolute Gasteiger partial charge is 0.251 e. The average Bonchev–Trinajstić information content (AvgIpc) is 3.75. The molecular formula is C50H49N8O3PS. The second-order valence-corrected chi connectivity index (χ2v) is 17.6. The Hall–Kier alpha value is -6.72. The number of amides is 2. The van der Waals surface area contributed by atoms with Crippen LogP contribution in [0.3, 0.4) is 0 Å². The van der Waals surface area contributed by atoms with Crippen LogP contribution < -0.4 is 30.9 Å². The molecule has 3 heterocycles. The summed E-state index contributed by atoms with van der Waals surface area (Å²) in [4.78, 5) is 44.4. The predicted molar refractivity (Wildman–Crippen MR) is 260 cm³/mol. The number of hydrogen-bond acceptors (Lipinski definition) is 10. The topological polar surface area (TPSA) is 125 Å². The molecule has 8 rings (SSSR count). The minimum Gasteiger partial charge on any atom is -0.495 e. The van der Waals surface area contributed by atoms with Crippen molar-refractivity contribution in [2.24, 2.45) is 0 Å². The average molecular weight is 873 g/mol. The molecule has 1 unspecified atom stereocenters. The van der Waals surface area contributed by atoms with E-state index in [1.807, 2.05) is 121 Å². The van der Waals surface area contributed by atoms with Gasteiger partial charge in [-0.2, -0.15) is 0 Å². The highest BCUT2D eigenvalue weighted by Gasteiger charge is 2.15. The van der Waals surface area contributed by atoms with Crippen molar-refractivity contribution in [3.05, 3.63) is 169 Å². The summed E-state index contributed by atoms with van der Waals surface area (Å²) in [6.45, 7) is 3.60. The molecule has 2 amide bonds. The quantitative estimate of drug-likeness (QED) is 0.0540. The minimum atomic E-state index is -0.143. The lowest BCUT2D eigenvalue weighted by atomic mass is 10.1. The summed E-state index contributed by atoms with van der Waals surface area (Å²) in [5.74, 6) is 0.427. The summed E-state index contributed by atoms with van der Waals surface area (Å²) in [6, 6.07) is 46.1. The van der Waals surface area contributed by atoms with E-state index in [0.717, 1.165) is 67.0 Å². The van der Waals surface area contributed by atoms with Crippen LogP contribution in [0.25, 0.3) is 31.6 Å². The maximum Gasteiger partial charge on any atom is 0.251 e. The number of ether oxygens (including phenoxy) is 1. The van der Waals surface area contributed by atoms with Gasteiger partial charge in [-0.25, -0.2) is 4.98 Å². The molecule has 3 aromatic heterocycles. The maximum absolute atomic E-state index is 13.3. The normalized spacial score (nSPS) is 11.3. The van der Waals surface area contributed by atoms with Gasteiger partial charge < -0.3 is 25.6 Å². The maximum atomic E-state index is 13.3. The number of pyridine rings is 2. The van der Waals surface area contributed by atoms with Gasteiger partial charge in [0.05, 0.1) is 40.9 Å². The van der Waals surface area contributed by atoms with E-state index in [9.17, 15) is 9.59 Å². The summed E-state index contributed by atoms with van der Waals surface area (Å²) in [7, 11) is 4.20. The standard InChI is InChI=1S/C50H49N8O3PS/c1-57(34-48(59)55-39-18-21-44(46(31-39)61-2)53-24-26-58(32-40-10-6-8-22-51-40)33-41-11-7-9-23-52-41)42-19-16-35-28-38(15-14-36(35)29-42)50-56-45-20-17-37(30-47(45)63-50)49(60)54-25-27-62-43-12-4-3-5-13-43/h3-23,28-31,53,62H,24-27,32-34H2,1-2H3,(H,54,60)(H,55,59). The van der Waals surface area contributed by atoms with E-state index in [1.54, 1.807) is 18.4 Å². The van der Waals surface area contributed by atoms with Gasteiger partial charge in [-0.3, -0.25) is 24.5 Å². The molecule has 318 valence electrons. The lowest BCUT2D eigenvalue weighted by Gasteiger charge is -2.22. The molecule has 0 aliphatic rings. The van der Waals surface area contributed by atoms with E-state index in [4.69, 9.17) is 9.72 Å². The van der Waals surface area contributed by atoms with Crippen molar-refractivity contribution in [2.75, 3.05) is 62.0 Å². The van der Waals surface area contributed by atoms with Crippen molar-refractivity contribution in [1.82, 2.24) is 25.2 Å². The summed E-state index contributed by atoms with van der Waals surface area (Å²) in [5, 5.41) is 13.9. The van der Waals surface area contributed by atoms with Crippen molar-refractivity contribution in [3.8, 4) is 16.3 Å². The Morgan fingerprint density at radius 3 is 2.25 bits per heavy atom. The van der Waals surface area contributed by atoms with E-state index < -0.39 is 0 Å². The second kappa shape index (κ2) is 20.9. The first kappa shape index (κ1) is 42.9.